The first kappa shape index (κ1) is 21.4. The van der Waals surface area contributed by atoms with Crippen molar-refractivity contribution in [2.75, 3.05) is 18.5 Å². The molecule has 2 N–H and O–H groups in total. The van der Waals surface area contributed by atoms with E-state index >= 15 is 0 Å². The van der Waals surface area contributed by atoms with Crippen molar-refractivity contribution in [1.82, 2.24) is 24.8 Å². The second-order valence-electron chi connectivity index (χ2n) is 7.48. The number of urea groups is 1. The zero-order valence-electron chi connectivity index (χ0n) is 17.9. The zero-order valence-corrected chi connectivity index (χ0v) is 17.9. The first-order valence-corrected chi connectivity index (χ1v) is 10.3. The maximum Gasteiger partial charge on any atom is 0.327 e. The Bertz CT molecular complexity index is 1130. The number of rotatable bonds is 5. The topological polar surface area (TPSA) is 120 Å². The van der Waals surface area contributed by atoms with Gasteiger partial charge < -0.3 is 9.47 Å². The number of aromatic nitrogens is 4. The molecule has 4 rings (SSSR count). The van der Waals surface area contributed by atoms with Gasteiger partial charge in [0.05, 0.1) is 11.4 Å². The Kier molecular flexibility index (Phi) is 6.41. The molecule has 10 heteroatoms. The number of hydrogen-bond acceptors (Lipinski definition) is 7. The van der Waals surface area contributed by atoms with Crippen LogP contribution in [0.1, 0.15) is 27.1 Å². The van der Waals surface area contributed by atoms with Crippen molar-refractivity contribution in [1.29, 1.82) is 0 Å². The monoisotopic (exact) mass is 440 g/mol. The number of amides is 3. The summed E-state index contributed by atoms with van der Waals surface area (Å²) in [6.07, 6.45) is 6.43. The summed E-state index contributed by atoms with van der Waals surface area (Å²) < 4.78 is 13.0. The molecule has 3 aromatic heterocycles. The smallest absolute Gasteiger partial charge is 0.327 e. The lowest BCUT2D eigenvalue weighted by Crippen LogP contribution is -2.40. The van der Waals surface area contributed by atoms with E-state index in [1.54, 1.807) is 48.3 Å². The Hall–Kier alpha value is -3.79. The van der Waals surface area contributed by atoms with Gasteiger partial charge in [0, 0.05) is 40.4 Å². The minimum atomic E-state index is -0.614. The fourth-order valence-electron chi connectivity index (χ4n) is 3.32. The molecule has 1 aliphatic rings. The number of imidazole rings is 1. The van der Waals surface area contributed by atoms with Gasteiger partial charge in [-0.25, -0.2) is 19.7 Å². The van der Waals surface area contributed by atoms with Gasteiger partial charge in [-0.1, -0.05) is 0 Å². The zero-order chi connectivity index (χ0) is 22.5. The molecule has 1 saturated heterocycles. The molecule has 0 radical (unpaired) electrons. The Morgan fingerprint density at radius 2 is 2.00 bits per heavy atom. The van der Waals surface area contributed by atoms with Crippen LogP contribution >= 0.6 is 0 Å². The number of nitrogens with zero attached hydrogens (tertiary/aromatic N) is 4. The average Bonchev–Trinajstić information content (AvgIpc) is 3.23. The summed E-state index contributed by atoms with van der Waals surface area (Å²) in [4.78, 5) is 37.2. The molecule has 1 aliphatic heterocycles. The number of hydrogen-bond donors (Lipinski definition) is 2. The van der Waals surface area contributed by atoms with Crippen LogP contribution in [0.4, 0.5) is 10.6 Å². The van der Waals surface area contributed by atoms with Crippen molar-refractivity contribution >= 4 is 17.8 Å². The van der Waals surface area contributed by atoms with E-state index in [9.17, 15) is 9.59 Å². The number of aryl methyl sites for hydroxylation is 2. The maximum atomic E-state index is 12.2. The molecular formula is C22H28N6O4. The van der Waals surface area contributed by atoms with Crippen LogP contribution in [0, 0.1) is 19.8 Å². The fourth-order valence-corrected chi connectivity index (χ4v) is 3.32. The average molecular weight is 441 g/mol. The summed E-state index contributed by atoms with van der Waals surface area (Å²) in [6.45, 7) is 4.74. The third kappa shape index (κ3) is 5.27. The molecule has 1 fully saturated rings. The number of anilines is 1. The van der Waals surface area contributed by atoms with Crippen molar-refractivity contribution in [2.45, 2.75) is 26.7 Å². The van der Waals surface area contributed by atoms with Crippen molar-refractivity contribution in [3.05, 3.63) is 54.4 Å². The number of nitrogens with one attached hydrogen (secondary N) is 2. The van der Waals surface area contributed by atoms with Crippen molar-refractivity contribution in [2.24, 2.45) is 5.92 Å². The molecule has 170 valence electrons. The molecule has 10 nitrogen and oxygen atoms in total. The van der Waals surface area contributed by atoms with Gasteiger partial charge in [0.2, 0.25) is 5.91 Å². The van der Waals surface area contributed by atoms with Crippen LogP contribution in [0.15, 0.2) is 43.0 Å². The molecule has 32 heavy (non-hydrogen) atoms. The van der Waals surface area contributed by atoms with E-state index in [-0.39, 0.29) is 14.7 Å². The molecule has 0 saturated carbocycles. The highest BCUT2D eigenvalue weighted by molar-refractivity contribution is 6.01. The number of carbonyl (C=O) groups excluding carboxylic acids is 2. The first-order chi connectivity index (χ1) is 15.5. The Morgan fingerprint density at radius 3 is 2.72 bits per heavy atom. The Balaban J connectivity index is 0.00000204. The van der Waals surface area contributed by atoms with E-state index in [1.807, 2.05) is 13.1 Å². The van der Waals surface area contributed by atoms with E-state index in [4.69, 9.17) is 9.47 Å². The predicted octanol–water partition coefficient (Wildman–Crippen LogP) is 3.64. The molecule has 0 bridgehead atoms. The van der Waals surface area contributed by atoms with Crippen molar-refractivity contribution < 1.29 is 21.9 Å². The third-order valence-electron chi connectivity index (χ3n) is 5.03. The maximum absolute atomic E-state index is 12.2. The summed E-state index contributed by atoms with van der Waals surface area (Å²) in [5, 5.41) is 4.95. The van der Waals surface area contributed by atoms with Gasteiger partial charge in [0.15, 0.2) is 0 Å². The summed E-state index contributed by atoms with van der Waals surface area (Å²) in [5.41, 5.74) is 1.47. The van der Waals surface area contributed by atoms with Crippen molar-refractivity contribution in [3.8, 4) is 17.3 Å². The fraction of sp³-hybridized carbons (Fsp3) is 0.318. The largest absolute Gasteiger partial charge is 0.455 e. The van der Waals surface area contributed by atoms with Gasteiger partial charge >= 0.3 is 6.03 Å². The van der Waals surface area contributed by atoms with Crippen LogP contribution in [0.2, 0.25) is 0 Å². The lowest BCUT2D eigenvalue weighted by atomic mass is 10.00. The highest BCUT2D eigenvalue weighted by Gasteiger charge is 2.23. The molecule has 0 atom stereocenters. The molecule has 0 aliphatic carbocycles. The van der Waals surface area contributed by atoms with Gasteiger partial charge in [-0.3, -0.25) is 20.0 Å². The number of carbonyl (C=O) groups is 2. The standard InChI is InChI=1S/C22H24N6O4.2H2/c1-14-12-28(13-24-14)20-11-17(5-8-23-20)32-18-3-4-19(25-15(18)2)26-22(30)27-21(29)16-6-9-31-10-7-16;;/h3-5,8,11-13,16H,6-7,9-10H2,1-2H3,(H2,25,26,27,29,30);2*1H. The second-order valence-corrected chi connectivity index (χ2v) is 7.48. The minimum Gasteiger partial charge on any atom is -0.455 e. The molecule has 3 amide bonds. The lowest BCUT2D eigenvalue weighted by Gasteiger charge is -2.20. The number of imide groups is 1. The molecule has 0 aromatic carbocycles. The van der Waals surface area contributed by atoms with E-state index < -0.39 is 6.03 Å². The minimum absolute atomic E-state index is 0. The molecule has 0 unspecified atom stereocenters. The SMILES string of the molecule is Cc1cn(-c2cc(Oc3ccc(NC(=O)NC(=O)C4CCOCC4)nc3C)ccn2)cn1.[HH].[HH]. The van der Waals surface area contributed by atoms with Crippen LogP contribution in [0.3, 0.4) is 0 Å². The number of ether oxygens (including phenoxy) is 2. The van der Waals surface area contributed by atoms with E-state index in [1.165, 1.54) is 0 Å². The quantitative estimate of drug-likeness (QED) is 0.621. The predicted molar refractivity (Wildman–Crippen MR) is 120 cm³/mol. The highest BCUT2D eigenvalue weighted by atomic mass is 16.5. The first-order valence-electron chi connectivity index (χ1n) is 10.3. The molecule has 4 heterocycles. The van der Waals surface area contributed by atoms with Gasteiger partial charge in [-0.05, 0) is 44.9 Å². The lowest BCUT2D eigenvalue weighted by molar-refractivity contribution is -0.126. The van der Waals surface area contributed by atoms with Crippen LogP contribution in [0.5, 0.6) is 11.5 Å². The van der Waals surface area contributed by atoms with Gasteiger partial charge in [-0.15, -0.1) is 0 Å². The van der Waals surface area contributed by atoms with E-state index in [0.717, 1.165) is 5.69 Å². The Labute approximate surface area is 188 Å². The summed E-state index contributed by atoms with van der Waals surface area (Å²) >= 11 is 0. The highest BCUT2D eigenvalue weighted by Crippen LogP contribution is 2.26. The van der Waals surface area contributed by atoms with E-state index in [2.05, 4.69) is 25.6 Å². The Morgan fingerprint density at radius 1 is 1.19 bits per heavy atom. The third-order valence-corrected chi connectivity index (χ3v) is 5.03. The normalized spacial score (nSPS) is 14.1. The molecular weight excluding hydrogens is 412 g/mol. The van der Waals surface area contributed by atoms with Crippen LogP contribution in [0.25, 0.3) is 5.82 Å². The van der Waals surface area contributed by atoms with Crippen LogP contribution in [-0.2, 0) is 9.53 Å². The van der Waals surface area contributed by atoms with Crippen LogP contribution < -0.4 is 15.4 Å². The van der Waals surface area contributed by atoms with Gasteiger partial charge in [0.1, 0.15) is 29.5 Å². The molecule has 3 aromatic rings. The summed E-state index contributed by atoms with van der Waals surface area (Å²) in [7, 11) is 0. The summed E-state index contributed by atoms with van der Waals surface area (Å²) in [5.74, 6) is 1.61. The van der Waals surface area contributed by atoms with Gasteiger partial charge in [-0.2, -0.15) is 0 Å². The second kappa shape index (κ2) is 9.56. The summed E-state index contributed by atoms with van der Waals surface area (Å²) in [6, 6.07) is 6.24. The van der Waals surface area contributed by atoms with Crippen LogP contribution in [-0.4, -0.2) is 44.7 Å². The van der Waals surface area contributed by atoms with Crippen molar-refractivity contribution in [3.63, 3.8) is 0 Å². The molecule has 0 spiro atoms. The number of pyridine rings is 2. The van der Waals surface area contributed by atoms with E-state index in [0.29, 0.717) is 54.9 Å². The van der Waals surface area contributed by atoms with Gasteiger partial charge in [0.25, 0.3) is 0 Å².